The number of thiophene rings is 1. The number of hydrogen-bond donors (Lipinski definition) is 0. The second-order valence-corrected chi connectivity index (χ2v) is 12.0. The minimum Gasteiger partial charge on any atom is -0.309 e. The standard InChI is InChI=1S/C48H30N2S/c1-2-12-31(13-3-1)32-14-10-15-33(28-32)34-24-27-46-40(29-34)48-45(22-11-23-47(48)51-46)50-43-21-9-6-18-38(43)39-30-35(25-26-44(39)50)49-41-19-7-4-16-36(41)37-17-5-8-20-42(37)49/h1-30H/i1D,2D,3D,4D,5D,6D,7D,8D,9D,10D,11D,12D,13D,14D,15D,16D,17D,18D,19D,20D,21D,22D,23D,24D,25D,26D,27D,28D,29D,30D. The van der Waals surface area contributed by atoms with Crippen LogP contribution in [0.2, 0.25) is 0 Å². The monoisotopic (exact) mass is 696 g/mol. The van der Waals surface area contributed by atoms with Crippen LogP contribution in [0.1, 0.15) is 41.1 Å². The Morgan fingerprint density at radius 3 is 1.67 bits per heavy atom. The molecule has 3 aromatic heterocycles. The summed E-state index contributed by atoms with van der Waals surface area (Å²) in [7, 11) is 0. The number of aromatic nitrogens is 2. The van der Waals surface area contributed by atoms with E-state index in [-0.39, 0.29) is 9.40 Å². The first-order valence-corrected chi connectivity index (χ1v) is 15.8. The van der Waals surface area contributed by atoms with Crippen molar-refractivity contribution < 1.29 is 41.1 Å². The Morgan fingerprint density at radius 1 is 0.353 bits per heavy atom. The van der Waals surface area contributed by atoms with Crippen molar-refractivity contribution in [1.29, 1.82) is 0 Å². The zero-order chi connectivity index (χ0) is 59.6. The minimum absolute atomic E-state index is 0.311. The largest absolute Gasteiger partial charge is 0.309 e. The maximum atomic E-state index is 10.0. The van der Waals surface area contributed by atoms with Crippen molar-refractivity contribution in [3.05, 3.63) is 181 Å². The number of nitrogens with zero attached hydrogens (tertiary/aromatic N) is 2. The van der Waals surface area contributed by atoms with Crippen LogP contribution in [-0.2, 0) is 0 Å². The highest BCUT2D eigenvalue weighted by Gasteiger charge is 2.19. The van der Waals surface area contributed by atoms with Crippen LogP contribution in [0.15, 0.2) is 181 Å². The van der Waals surface area contributed by atoms with E-state index < -0.39 is 269 Å². The third-order valence-corrected chi connectivity index (χ3v) is 9.32. The Morgan fingerprint density at radius 2 is 0.922 bits per heavy atom. The molecule has 0 amide bonds. The van der Waals surface area contributed by atoms with Gasteiger partial charge in [0.25, 0.3) is 0 Å². The summed E-state index contributed by atoms with van der Waals surface area (Å²) in [5, 5.41) is -3.06. The molecule has 0 bridgehead atoms. The van der Waals surface area contributed by atoms with E-state index in [9.17, 15) is 15.1 Å². The summed E-state index contributed by atoms with van der Waals surface area (Å²) < 4.78 is 272. The molecule has 0 aliphatic heterocycles. The van der Waals surface area contributed by atoms with Gasteiger partial charge >= 0.3 is 0 Å². The van der Waals surface area contributed by atoms with Gasteiger partial charge in [0, 0.05) is 47.4 Å². The van der Waals surface area contributed by atoms with Gasteiger partial charge in [-0.3, -0.25) is 0 Å². The fraction of sp³-hybridized carbons (Fsp3) is 0. The molecular weight excluding hydrogens is 637 g/mol. The molecule has 51 heavy (non-hydrogen) atoms. The van der Waals surface area contributed by atoms with Crippen molar-refractivity contribution >= 4 is 75.1 Å². The molecule has 0 aliphatic rings. The van der Waals surface area contributed by atoms with E-state index in [2.05, 4.69) is 0 Å². The average Bonchev–Trinajstić information content (AvgIpc) is 3.17. The van der Waals surface area contributed by atoms with Crippen LogP contribution in [-0.4, -0.2) is 9.13 Å². The average molecular weight is 697 g/mol. The number of hydrogen-bond acceptors (Lipinski definition) is 1. The molecule has 0 saturated heterocycles. The SMILES string of the molecule is [2H]c1c([2H])c([2H])c(-c2c([2H])c([2H])c([2H])c(-c3c([2H])c([2H])c4sc5c([2H])c([2H])c([2H])c(-n6c7c([2H])c([2H])c([2H])c([2H])c7c7c([2H])c(-n8c9c([2H])c([2H])c([2H])c([2H])c9c9c([2H])c([2H])c([2H])c([2H])c98)c([2H])c([2H])c76)c5c4c3[2H])c2[2H])c([2H])c1[2H]. The Labute approximate surface area is 340 Å². The first kappa shape index (κ1) is 11.8. The quantitative estimate of drug-likeness (QED) is 0.173. The first-order valence-electron chi connectivity index (χ1n) is 30.0. The van der Waals surface area contributed by atoms with Gasteiger partial charge < -0.3 is 9.13 Å². The second kappa shape index (κ2) is 11.0. The Balaban J connectivity index is 1.36. The third-order valence-electron chi connectivity index (χ3n) is 8.30. The summed E-state index contributed by atoms with van der Waals surface area (Å²) in [5.41, 5.74) is -6.98. The van der Waals surface area contributed by atoms with Gasteiger partial charge in [0.15, 0.2) is 0 Å². The molecule has 0 radical (unpaired) electrons. The fourth-order valence-corrected chi connectivity index (χ4v) is 7.15. The van der Waals surface area contributed by atoms with Crippen LogP contribution >= 0.6 is 11.3 Å². The van der Waals surface area contributed by atoms with Gasteiger partial charge in [0.2, 0.25) is 0 Å². The lowest BCUT2D eigenvalue weighted by Crippen LogP contribution is -1.96. The van der Waals surface area contributed by atoms with Gasteiger partial charge in [0.1, 0.15) is 0 Å². The normalized spacial score (nSPS) is 20.2. The van der Waals surface area contributed by atoms with E-state index in [4.69, 9.17) is 26.0 Å². The number of benzene rings is 8. The zero-order valence-electron chi connectivity index (χ0n) is 55.3. The smallest absolute Gasteiger partial charge is 0.0652 e. The molecule has 238 valence electrons. The molecule has 8 aromatic carbocycles. The summed E-state index contributed by atoms with van der Waals surface area (Å²) in [6, 6.07) is -26.6. The summed E-state index contributed by atoms with van der Waals surface area (Å²) in [6.07, 6.45) is 0. The van der Waals surface area contributed by atoms with Crippen molar-refractivity contribution in [3.8, 4) is 33.6 Å². The van der Waals surface area contributed by atoms with E-state index in [1.54, 1.807) is 0 Å². The Bertz CT molecular complexity index is 4770. The van der Waals surface area contributed by atoms with Gasteiger partial charge in [-0.25, -0.2) is 0 Å². The van der Waals surface area contributed by atoms with E-state index >= 15 is 0 Å². The topological polar surface area (TPSA) is 9.86 Å². The lowest BCUT2D eigenvalue weighted by atomic mass is 9.98. The molecule has 0 N–H and O–H groups in total. The van der Waals surface area contributed by atoms with Crippen molar-refractivity contribution in [2.24, 2.45) is 0 Å². The van der Waals surface area contributed by atoms with Crippen LogP contribution in [0.5, 0.6) is 0 Å². The number of para-hydroxylation sites is 3. The maximum absolute atomic E-state index is 10.0. The van der Waals surface area contributed by atoms with Crippen molar-refractivity contribution in [2.75, 3.05) is 0 Å². The molecule has 0 fully saturated rings. The molecular formula is C48H30N2S. The fourth-order valence-electron chi connectivity index (χ4n) is 6.18. The molecule has 3 heteroatoms. The molecule has 2 nitrogen and oxygen atoms in total. The van der Waals surface area contributed by atoms with E-state index in [0.717, 1.165) is 9.13 Å². The van der Waals surface area contributed by atoms with Gasteiger partial charge in [-0.15, -0.1) is 11.3 Å². The lowest BCUT2D eigenvalue weighted by molar-refractivity contribution is 1.17. The van der Waals surface area contributed by atoms with Crippen LogP contribution in [0.3, 0.4) is 0 Å². The van der Waals surface area contributed by atoms with E-state index in [1.165, 1.54) is 0 Å². The van der Waals surface area contributed by atoms with Crippen LogP contribution in [0.4, 0.5) is 0 Å². The first-order chi connectivity index (χ1) is 37.8. The van der Waals surface area contributed by atoms with Gasteiger partial charge in [-0.2, -0.15) is 0 Å². The third kappa shape index (κ3) is 4.29. The van der Waals surface area contributed by atoms with Crippen LogP contribution < -0.4 is 0 Å². The number of rotatable bonds is 4. The van der Waals surface area contributed by atoms with Crippen molar-refractivity contribution in [1.82, 2.24) is 9.13 Å². The Hall–Kier alpha value is -6.42. The van der Waals surface area contributed by atoms with E-state index in [1.807, 2.05) is 0 Å². The maximum Gasteiger partial charge on any atom is 0.0652 e. The van der Waals surface area contributed by atoms with Crippen LogP contribution in [0.25, 0.3) is 97.4 Å². The summed E-state index contributed by atoms with van der Waals surface area (Å²) in [4.78, 5) is 0. The molecule has 0 aliphatic carbocycles. The zero-order valence-corrected chi connectivity index (χ0v) is 26.1. The van der Waals surface area contributed by atoms with Crippen LogP contribution in [0, 0.1) is 0 Å². The van der Waals surface area contributed by atoms with Crippen molar-refractivity contribution in [3.63, 3.8) is 0 Å². The van der Waals surface area contributed by atoms with E-state index in [0.29, 0.717) is 11.3 Å². The van der Waals surface area contributed by atoms with Crippen molar-refractivity contribution in [2.45, 2.75) is 0 Å². The summed E-state index contributed by atoms with van der Waals surface area (Å²) in [6.45, 7) is 0. The highest BCUT2D eigenvalue weighted by Crippen LogP contribution is 2.43. The predicted molar refractivity (Wildman–Crippen MR) is 219 cm³/mol. The summed E-state index contributed by atoms with van der Waals surface area (Å²) >= 11 is 0.550. The molecule has 0 saturated carbocycles. The second-order valence-electron chi connectivity index (χ2n) is 11.0. The molecule has 11 aromatic rings. The molecule has 0 atom stereocenters. The van der Waals surface area contributed by atoms with Gasteiger partial charge in [0.05, 0.1) is 68.9 Å². The molecule has 11 rings (SSSR count). The lowest BCUT2D eigenvalue weighted by Gasteiger charge is -2.12. The highest BCUT2D eigenvalue weighted by molar-refractivity contribution is 7.25. The highest BCUT2D eigenvalue weighted by atomic mass is 32.1. The van der Waals surface area contributed by atoms with Gasteiger partial charge in [-0.1, -0.05) is 115 Å². The van der Waals surface area contributed by atoms with Gasteiger partial charge in [-0.05, 0) is 88.7 Å². The number of fused-ring (bicyclic) bond motifs is 9. The predicted octanol–water partition coefficient (Wildman–Crippen LogP) is 13.6. The minimum atomic E-state index is -1.02. The Kier molecular flexibility index (Phi) is 2.56. The summed E-state index contributed by atoms with van der Waals surface area (Å²) in [5.74, 6) is 0. The molecule has 0 unspecified atom stereocenters. The molecule has 0 spiro atoms. The molecule has 3 heterocycles.